The molecule has 0 aromatic rings. The van der Waals surface area contributed by atoms with E-state index < -0.39 is 0 Å². The highest BCUT2D eigenvalue weighted by atomic mass is 16.2. The third kappa shape index (κ3) is 4.76. The van der Waals surface area contributed by atoms with E-state index in [1.807, 2.05) is 6.92 Å². The number of carbonyl (C=O) groups excluding carboxylic acids is 1. The van der Waals surface area contributed by atoms with Gasteiger partial charge in [-0.2, -0.15) is 0 Å². The Morgan fingerprint density at radius 1 is 1.38 bits per heavy atom. The van der Waals surface area contributed by atoms with E-state index in [-0.39, 0.29) is 11.4 Å². The third-order valence-electron chi connectivity index (χ3n) is 2.50. The maximum absolute atomic E-state index is 11.4. The van der Waals surface area contributed by atoms with Crippen LogP contribution in [-0.4, -0.2) is 31.1 Å². The average molecular weight is 186 g/mol. The second-order valence-corrected chi connectivity index (χ2v) is 4.19. The van der Waals surface area contributed by atoms with E-state index in [0.29, 0.717) is 0 Å². The summed E-state index contributed by atoms with van der Waals surface area (Å²) in [6.45, 7) is 9.89. The molecule has 1 N–H and O–H groups in total. The summed E-state index contributed by atoms with van der Waals surface area (Å²) < 4.78 is 0. The van der Waals surface area contributed by atoms with Gasteiger partial charge in [0.15, 0.2) is 0 Å². The molecule has 0 aliphatic rings. The lowest BCUT2D eigenvalue weighted by Crippen LogP contribution is -2.41. The standard InChI is InChI=1S/C10H22N2O/c1-6-10(3,4)8-11-9(13)12(5)7-2/h6-8H2,1-5H3,(H,11,13). The Morgan fingerprint density at radius 3 is 2.31 bits per heavy atom. The molecule has 0 spiro atoms. The number of hydrogen-bond acceptors (Lipinski definition) is 1. The van der Waals surface area contributed by atoms with E-state index in [2.05, 4.69) is 26.1 Å². The zero-order valence-electron chi connectivity index (χ0n) is 9.48. The molecule has 0 aliphatic carbocycles. The number of carbonyl (C=O) groups is 1. The van der Waals surface area contributed by atoms with Crippen molar-refractivity contribution in [2.24, 2.45) is 5.41 Å². The molecule has 0 atom stereocenters. The molecule has 3 nitrogen and oxygen atoms in total. The molecule has 0 saturated heterocycles. The smallest absolute Gasteiger partial charge is 0.317 e. The molecule has 0 bridgehead atoms. The molecule has 0 aromatic carbocycles. The van der Waals surface area contributed by atoms with E-state index in [1.54, 1.807) is 11.9 Å². The van der Waals surface area contributed by atoms with Gasteiger partial charge in [-0.15, -0.1) is 0 Å². The van der Waals surface area contributed by atoms with Crippen LogP contribution in [0.5, 0.6) is 0 Å². The van der Waals surface area contributed by atoms with E-state index in [9.17, 15) is 4.79 Å². The number of nitrogens with one attached hydrogen (secondary N) is 1. The minimum absolute atomic E-state index is 0.0176. The summed E-state index contributed by atoms with van der Waals surface area (Å²) in [5.41, 5.74) is 0.199. The zero-order chi connectivity index (χ0) is 10.5. The van der Waals surface area contributed by atoms with Crippen LogP contribution >= 0.6 is 0 Å². The second-order valence-electron chi connectivity index (χ2n) is 4.19. The first-order chi connectivity index (χ1) is 5.93. The van der Waals surface area contributed by atoms with Gasteiger partial charge in [-0.25, -0.2) is 4.79 Å². The minimum atomic E-state index is 0.0176. The Balaban J connectivity index is 3.83. The van der Waals surface area contributed by atoms with E-state index >= 15 is 0 Å². The van der Waals surface area contributed by atoms with E-state index in [4.69, 9.17) is 0 Å². The van der Waals surface area contributed by atoms with Crippen LogP contribution in [0, 0.1) is 5.41 Å². The largest absolute Gasteiger partial charge is 0.337 e. The van der Waals surface area contributed by atoms with Gasteiger partial charge in [-0.3, -0.25) is 0 Å². The first-order valence-electron chi connectivity index (χ1n) is 4.92. The monoisotopic (exact) mass is 186 g/mol. The van der Waals surface area contributed by atoms with Crippen LogP contribution in [0.1, 0.15) is 34.1 Å². The van der Waals surface area contributed by atoms with Crippen molar-refractivity contribution in [3.8, 4) is 0 Å². The molecular formula is C10H22N2O. The summed E-state index contributed by atoms with van der Waals surface area (Å²) in [6.07, 6.45) is 1.07. The van der Waals surface area contributed by atoms with Gasteiger partial charge in [0.1, 0.15) is 0 Å². The lowest BCUT2D eigenvalue weighted by Gasteiger charge is -2.24. The molecule has 3 heteroatoms. The van der Waals surface area contributed by atoms with Crippen LogP contribution in [-0.2, 0) is 0 Å². The molecule has 2 amide bonds. The number of hydrogen-bond donors (Lipinski definition) is 1. The molecule has 0 radical (unpaired) electrons. The predicted molar refractivity (Wildman–Crippen MR) is 55.8 cm³/mol. The molecule has 0 aromatic heterocycles. The maximum atomic E-state index is 11.4. The fraction of sp³-hybridized carbons (Fsp3) is 0.900. The molecule has 0 heterocycles. The summed E-state index contributed by atoms with van der Waals surface area (Å²) >= 11 is 0. The van der Waals surface area contributed by atoms with Crippen molar-refractivity contribution in [3.63, 3.8) is 0 Å². The SMILES string of the molecule is CCN(C)C(=O)NCC(C)(C)CC. The first-order valence-corrected chi connectivity index (χ1v) is 4.92. The van der Waals surface area contributed by atoms with Crippen molar-refractivity contribution >= 4 is 6.03 Å². The highest BCUT2D eigenvalue weighted by Gasteiger charge is 2.16. The normalized spacial score (nSPS) is 11.2. The fourth-order valence-corrected chi connectivity index (χ4v) is 0.718. The molecule has 0 aliphatic heterocycles. The van der Waals surface area contributed by atoms with E-state index in [1.165, 1.54) is 0 Å². The Labute approximate surface area is 81.5 Å². The molecule has 0 fully saturated rings. The van der Waals surface area contributed by atoms with Crippen molar-refractivity contribution in [2.75, 3.05) is 20.1 Å². The topological polar surface area (TPSA) is 32.3 Å². The van der Waals surface area contributed by atoms with Crippen molar-refractivity contribution in [1.82, 2.24) is 10.2 Å². The number of amides is 2. The molecular weight excluding hydrogens is 164 g/mol. The highest BCUT2D eigenvalue weighted by molar-refractivity contribution is 5.73. The van der Waals surface area contributed by atoms with Crippen LogP contribution in [0.4, 0.5) is 4.79 Å². The summed E-state index contributed by atoms with van der Waals surface area (Å²) in [7, 11) is 1.80. The fourth-order valence-electron chi connectivity index (χ4n) is 0.718. The molecule has 0 saturated carbocycles. The predicted octanol–water partition coefficient (Wildman–Crippen LogP) is 2.08. The third-order valence-corrected chi connectivity index (χ3v) is 2.50. The van der Waals surface area contributed by atoms with Crippen LogP contribution in [0.2, 0.25) is 0 Å². The highest BCUT2D eigenvalue weighted by Crippen LogP contribution is 2.17. The van der Waals surface area contributed by atoms with E-state index in [0.717, 1.165) is 19.5 Å². The number of nitrogens with zero attached hydrogens (tertiary/aromatic N) is 1. The van der Waals surface area contributed by atoms with Crippen LogP contribution < -0.4 is 5.32 Å². The van der Waals surface area contributed by atoms with Gasteiger partial charge < -0.3 is 10.2 Å². The van der Waals surface area contributed by atoms with Crippen molar-refractivity contribution in [2.45, 2.75) is 34.1 Å². The molecule has 0 unspecified atom stereocenters. The summed E-state index contributed by atoms with van der Waals surface area (Å²) in [5.74, 6) is 0. The van der Waals surface area contributed by atoms with Gasteiger partial charge in [0.2, 0.25) is 0 Å². The molecule has 13 heavy (non-hydrogen) atoms. The quantitative estimate of drug-likeness (QED) is 0.716. The Morgan fingerprint density at radius 2 is 1.92 bits per heavy atom. The first kappa shape index (κ1) is 12.3. The van der Waals surface area contributed by atoms with Crippen LogP contribution in [0.15, 0.2) is 0 Å². The Hall–Kier alpha value is -0.730. The summed E-state index contributed by atoms with van der Waals surface area (Å²) in [6, 6.07) is 0.0176. The van der Waals surface area contributed by atoms with Gasteiger partial charge in [-0.05, 0) is 18.8 Å². The molecule has 0 rings (SSSR count). The second kappa shape index (κ2) is 5.10. The van der Waals surface area contributed by atoms with Crippen molar-refractivity contribution in [1.29, 1.82) is 0 Å². The van der Waals surface area contributed by atoms with Crippen LogP contribution in [0.3, 0.4) is 0 Å². The van der Waals surface area contributed by atoms with Crippen LogP contribution in [0.25, 0.3) is 0 Å². The van der Waals surface area contributed by atoms with Gasteiger partial charge in [0.25, 0.3) is 0 Å². The summed E-state index contributed by atoms with van der Waals surface area (Å²) in [5, 5.41) is 2.91. The minimum Gasteiger partial charge on any atom is -0.337 e. The number of rotatable bonds is 4. The Bertz CT molecular complexity index is 166. The van der Waals surface area contributed by atoms with Gasteiger partial charge >= 0.3 is 6.03 Å². The number of urea groups is 1. The molecule has 78 valence electrons. The summed E-state index contributed by atoms with van der Waals surface area (Å²) in [4.78, 5) is 13.0. The van der Waals surface area contributed by atoms with Gasteiger partial charge in [0, 0.05) is 20.1 Å². The van der Waals surface area contributed by atoms with Gasteiger partial charge in [-0.1, -0.05) is 20.8 Å². The van der Waals surface area contributed by atoms with Crippen molar-refractivity contribution < 1.29 is 4.79 Å². The van der Waals surface area contributed by atoms with Gasteiger partial charge in [0.05, 0.1) is 0 Å². The Kier molecular flexibility index (Phi) is 4.81. The lowest BCUT2D eigenvalue weighted by molar-refractivity contribution is 0.204. The maximum Gasteiger partial charge on any atom is 0.317 e. The average Bonchev–Trinajstić information content (AvgIpc) is 2.13. The zero-order valence-corrected chi connectivity index (χ0v) is 9.48. The lowest BCUT2D eigenvalue weighted by atomic mass is 9.90. The van der Waals surface area contributed by atoms with Crippen molar-refractivity contribution in [3.05, 3.63) is 0 Å².